The molecule has 0 spiro atoms. The number of hydrogen-bond acceptors (Lipinski definition) is 21. The summed E-state index contributed by atoms with van der Waals surface area (Å²) in [5.41, 5.74) is 0. The molecule has 21 nitrogen and oxygen atoms in total. The van der Waals surface area contributed by atoms with E-state index < -0.39 is 0 Å². The Labute approximate surface area is 431 Å². The van der Waals surface area contributed by atoms with Gasteiger partial charge in [-0.2, -0.15) is 0 Å². The third kappa shape index (κ3) is 54.0. The Balaban J connectivity index is -0.000000401. The van der Waals surface area contributed by atoms with Crippen molar-refractivity contribution in [2.75, 3.05) is 114 Å². The van der Waals surface area contributed by atoms with Gasteiger partial charge in [0.1, 0.15) is 24.8 Å². The Morgan fingerprint density at radius 1 is 0.528 bits per heavy atom. The van der Waals surface area contributed by atoms with Gasteiger partial charge < -0.3 is 72.6 Å². The summed E-state index contributed by atoms with van der Waals surface area (Å²) in [6.07, 6.45) is 14.1. The van der Waals surface area contributed by atoms with Crippen molar-refractivity contribution >= 4 is 49.1 Å². The molecule has 0 aromatic rings. The van der Waals surface area contributed by atoms with Crippen LogP contribution in [-0.2, 0) is 80.9 Å². The summed E-state index contributed by atoms with van der Waals surface area (Å²) in [6, 6.07) is 0. The van der Waals surface area contributed by atoms with E-state index in [1.165, 1.54) is 0 Å². The summed E-state index contributed by atoms with van der Waals surface area (Å²) in [6.45, 7) is 7.83. The fourth-order valence-electron chi connectivity index (χ4n) is 7.05. The van der Waals surface area contributed by atoms with E-state index in [-0.39, 0.29) is 93.8 Å². The number of cyclic esters (lactones) is 3. The van der Waals surface area contributed by atoms with Gasteiger partial charge in [-0.05, 0) is 121 Å². The van der Waals surface area contributed by atoms with Gasteiger partial charge in [-0.25, -0.2) is 0 Å². The Hall–Kier alpha value is -3.77. The second-order valence-corrected chi connectivity index (χ2v) is 16.7. The molecule has 3 aliphatic rings. The second kappa shape index (κ2) is 58.1. The minimum atomic E-state index is -0.281. The van der Waals surface area contributed by atoms with Crippen LogP contribution < -0.4 is 0 Å². The molecule has 4 N–H and O–H groups in total. The van der Waals surface area contributed by atoms with E-state index in [1.54, 1.807) is 42.3 Å². The van der Waals surface area contributed by atoms with Crippen LogP contribution in [0.3, 0.4) is 0 Å². The molecule has 72 heavy (non-hydrogen) atoms. The first kappa shape index (κ1) is 72.5. The van der Waals surface area contributed by atoms with Crippen molar-refractivity contribution in [1.82, 2.24) is 0 Å². The number of Topliss-reactive ketones (excluding diaryl/α,β-unsaturated/α-hetero) is 2. The van der Waals surface area contributed by atoms with Crippen LogP contribution >= 0.6 is 0 Å². The summed E-state index contributed by atoms with van der Waals surface area (Å²) in [5.74, 6) is 1.11. The number of carbonyl (C=O) groups is 7. The number of ether oxygens (including phenoxy) is 9. The van der Waals surface area contributed by atoms with E-state index in [2.05, 4.69) is 14.2 Å². The topological polar surface area (TPSA) is 301 Å². The van der Waals surface area contributed by atoms with Crippen LogP contribution in [0.4, 0.5) is 0 Å². The van der Waals surface area contributed by atoms with Gasteiger partial charge >= 0.3 is 43.6 Å². The molecule has 22 heteroatoms. The SMILES string of the molecule is CC(=O)CCC(CCO)C(CCO)CCC(C)=O.COCCCCC(=O)OCCOC.COCCO.COCCOC(=O)CCCO.O=C1CCC(C2CCOC(=O)CC2)CCO1.O=C1CCCCO1.[2H]B=O. The van der Waals surface area contributed by atoms with Crippen LogP contribution in [0.5, 0.6) is 0 Å². The summed E-state index contributed by atoms with van der Waals surface area (Å²) >= 11 is 0. The standard InChI is InChI=1S/C14H26O4.C12H18O4.C9H18O4.C7H14O4.C5H8O2.C3H8O2.BHO/c1-11(17)3-5-13(7-9-15)14(8-10-16)6-4-12(2)18;13-11-3-1-9(5-7-15-11)10-2-4-12(14)16-8-6-10;1-11-6-4-3-5-9(10)13-8-7-12-2;1-10-5-6-11-7(9)3-2-4-8;6-5-3-1-2-4-7-5;1-5-3-2-4;1-2/h13-16H,3-10H2,1-2H3;9-10H,1-8H2;3-8H2,1-2H3;8H,2-6H2,1H3;1-4H2;4H,2-3H2,1H3;1H/i;;;;;;1D. The maximum atomic E-state index is 11.1. The number of ketones is 2. The molecule has 3 fully saturated rings. The molecule has 0 saturated carbocycles. The van der Waals surface area contributed by atoms with Crippen molar-refractivity contribution < 1.29 is 101 Å². The average Bonchev–Trinajstić information content (AvgIpc) is 3.73. The number of aliphatic hydroxyl groups excluding tert-OH is 4. The molecule has 4 atom stereocenters. The van der Waals surface area contributed by atoms with Crippen LogP contribution in [0.2, 0.25) is 0 Å². The zero-order valence-corrected chi connectivity index (χ0v) is 44.5. The van der Waals surface area contributed by atoms with E-state index in [0.717, 1.165) is 64.2 Å². The van der Waals surface area contributed by atoms with Gasteiger partial charge in [0.25, 0.3) is 0 Å². The monoisotopic (exact) mass is 1040 g/mol. The van der Waals surface area contributed by atoms with E-state index in [0.29, 0.717) is 129 Å². The van der Waals surface area contributed by atoms with Crippen molar-refractivity contribution in [3.8, 4) is 0 Å². The van der Waals surface area contributed by atoms with Gasteiger partial charge in [-0.1, -0.05) is 0 Å². The Kier molecular flexibility index (Phi) is 58.5. The van der Waals surface area contributed by atoms with Crippen molar-refractivity contribution in [2.24, 2.45) is 23.7 Å². The number of esters is 5. The van der Waals surface area contributed by atoms with Gasteiger partial charge in [-0.3, -0.25) is 24.0 Å². The van der Waals surface area contributed by atoms with E-state index in [4.69, 9.17) is 54.9 Å². The van der Waals surface area contributed by atoms with Crippen LogP contribution in [0.15, 0.2) is 0 Å². The summed E-state index contributed by atoms with van der Waals surface area (Å²) < 4.78 is 57.0. The zero-order valence-electron chi connectivity index (χ0n) is 45.5. The third-order valence-electron chi connectivity index (χ3n) is 11.0. The number of unbranched alkanes of at least 4 members (excludes halogenated alkanes) is 1. The third-order valence-corrected chi connectivity index (χ3v) is 11.0. The van der Waals surface area contributed by atoms with Crippen LogP contribution in [-0.4, -0.2) is 185 Å². The molecule has 4 unspecified atom stereocenters. The molecule has 0 radical (unpaired) electrons. The van der Waals surface area contributed by atoms with Gasteiger partial charge in [-0.15, -0.1) is 0 Å². The molecule has 0 amide bonds. The second-order valence-electron chi connectivity index (χ2n) is 16.7. The maximum absolute atomic E-state index is 11.1. The quantitative estimate of drug-likeness (QED) is 0.0374. The first-order valence-electron chi connectivity index (χ1n) is 25.7. The van der Waals surface area contributed by atoms with Crippen LogP contribution in [0.25, 0.3) is 0 Å². The summed E-state index contributed by atoms with van der Waals surface area (Å²) in [4.78, 5) is 76.2. The summed E-state index contributed by atoms with van der Waals surface area (Å²) in [5, 5.41) is 34.5. The molecule has 0 bridgehead atoms. The molecular formula is C50H93BO21. The van der Waals surface area contributed by atoms with E-state index in [1.807, 2.05) is 0 Å². The average molecular weight is 1040 g/mol. The molecule has 3 heterocycles. The molecule has 3 saturated heterocycles. The predicted octanol–water partition coefficient (Wildman–Crippen LogP) is 3.91. The fraction of sp³-hybridized carbons (Fsp3) is 0.860. The normalized spacial score (nSPS) is 16.8. The number of aliphatic hydroxyl groups is 4. The molecule has 3 rings (SSSR count). The number of rotatable bonds is 28. The molecule has 0 aliphatic carbocycles. The molecule has 3 aliphatic heterocycles. The van der Waals surface area contributed by atoms with E-state index in [9.17, 15) is 33.6 Å². The molecule has 0 aromatic carbocycles. The van der Waals surface area contributed by atoms with Crippen LogP contribution in [0, 0.1) is 23.7 Å². The van der Waals surface area contributed by atoms with Gasteiger partial charge in [0.15, 0.2) is 0 Å². The van der Waals surface area contributed by atoms with Gasteiger partial charge in [0.2, 0.25) is 0 Å². The van der Waals surface area contributed by atoms with E-state index >= 15 is 0 Å². The van der Waals surface area contributed by atoms with Gasteiger partial charge in [0, 0.05) is 99.8 Å². The zero-order chi connectivity index (χ0) is 55.8. The van der Waals surface area contributed by atoms with Crippen molar-refractivity contribution in [3.63, 3.8) is 0 Å². The summed E-state index contributed by atoms with van der Waals surface area (Å²) in [7, 11) is 6.32. The molecule has 0 aromatic heterocycles. The van der Waals surface area contributed by atoms with Crippen molar-refractivity contribution in [3.05, 3.63) is 0 Å². The number of carbonyl (C=O) groups excluding carboxylic acids is 7. The Morgan fingerprint density at radius 2 is 0.944 bits per heavy atom. The van der Waals surface area contributed by atoms with Gasteiger partial charge in [0.05, 0.1) is 46.2 Å². The van der Waals surface area contributed by atoms with Crippen LogP contribution in [0.1, 0.15) is 142 Å². The molecular weight excluding hydrogens is 947 g/mol. The Morgan fingerprint density at radius 3 is 1.26 bits per heavy atom. The molecule has 422 valence electrons. The first-order valence-corrected chi connectivity index (χ1v) is 25.1. The first-order chi connectivity index (χ1) is 35.1. The predicted molar refractivity (Wildman–Crippen MR) is 266 cm³/mol. The number of methoxy groups -OCH3 is 4. The van der Waals surface area contributed by atoms with Crippen molar-refractivity contribution in [1.29, 1.82) is 1.34 Å². The van der Waals surface area contributed by atoms with Crippen molar-refractivity contribution in [2.45, 2.75) is 142 Å². The fourth-order valence-corrected chi connectivity index (χ4v) is 7.05. The number of hydrogen-bond donors (Lipinski definition) is 4. The Bertz CT molecular complexity index is 1300. The minimum absolute atomic E-state index is 0.